The van der Waals surface area contributed by atoms with Gasteiger partial charge in [0.1, 0.15) is 5.78 Å². The molecule has 0 aliphatic rings. The molecule has 0 saturated carbocycles. The predicted molar refractivity (Wildman–Crippen MR) is 101 cm³/mol. The van der Waals surface area contributed by atoms with Crippen LogP contribution in [0.15, 0.2) is 30.3 Å². The average molecular weight is 334 g/mol. The van der Waals surface area contributed by atoms with E-state index in [9.17, 15) is 9.90 Å². The summed E-state index contributed by atoms with van der Waals surface area (Å²) in [5.41, 5.74) is 0.909. The Balaban J connectivity index is 2.06. The van der Waals surface area contributed by atoms with Crippen LogP contribution in [0.2, 0.25) is 0 Å². The van der Waals surface area contributed by atoms with Gasteiger partial charge in [-0.2, -0.15) is 0 Å². The van der Waals surface area contributed by atoms with Crippen LogP contribution in [0.3, 0.4) is 0 Å². The van der Waals surface area contributed by atoms with Crippen LogP contribution in [0.25, 0.3) is 0 Å². The molecule has 0 aliphatic heterocycles. The van der Waals surface area contributed by atoms with Crippen molar-refractivity contribution < 1.29 is 9.90 Å². The van der Waals surface area contributed by atoms with Gasteiger partial charge in [0.05, 0.1) is 6.10 Å². The monoisotopic (exact) mass is 333 g/mol. The Morgan fingerprint density at radius 2 is 1.62 bits per heavy atom. The predicted octanol–water partition coefficient (Wildman–Crippen LogP) is 4.80. The molecule has 0 aromatic heterocycles. The van der Waals surface area contributed by atoms with Gasteiger partial charge in [0, 0.05) is 25.4 Å². The number of carbonyl (C=O) groups is 1. The minimum atomic E-state index is -0.538. The van der Waals surface area contributed by atoms with Crippen LogP contribution in [-0.4, -0.2) is 23.5 Å². The Labute approximate surface area is 147 Å². The number of hydrogen-bond donors (Lipinski definition) is 2. The first-order valence-corrected chi connectivity index (χ1v) is 9.63. The zero-order chi connectivity index (χ0) is 17.6. The fourth-order valence-electron chi connectivity index (χ4n) is 2.89. The van der Waals surface area contributed by atoms with Crippen molar-refractivity contribution in [3.8, 4) is 0 Å². The van der Waals surface area contributed by atoms with E-state index in [0.29, 0.717) is 25.2 Å². The number of hydrogen-bond acceptors (Lipinski definition) is 3. The van der Waals surface area contributed by atoms with E-state index in [0.717, 1.165) is 12.0 Å². The lowest BCUT2D eigenvalue weighted by Gasteiger charge is -2.20. The second-order valence-corrected chi connectivity index (χ2v) is 6.76. The first-order chi connectivity index (χ1) is 11.6. The second kappa shape index (κ2) is 13.1. The molecule has 24 heavy (non-hydrogen) atoms. The molecule has 0 bridgehead atoms. The van der Waals surface area contributed by atoms with E-state index < -0.39 is 6.10 Å². The molecule has 0 saturated heterocycles. The van der Waals surface area contributed by atoms with Gasteiger partial charge in [0.25, 0.3) is 0 Å². The Bertz CT molecular complexity index is 433. The Kier molecular flexibility index (Phi) is 11.4. The van der Waals surface area contributed by atoms with Gasteiger partial charge in [-0.1, -0.05) is 75.8 Å². The van der Waals surface area contributed by atoms with E-state index in [-0.39, 0.29) is 6.04 Å². The summed E-state index contributed by atoms with van der Waals surface area (Å²) < 4.78 is 0. The van der Waals surface area contributed by atoms with Gasteiger partial charge >= 0.3 is 0 Å². The highest BCUT2D eigenvalue weighted by molar-refractivity contribution is 5.78. The van der Waals surface area contributed by atoms with E-state index >= 15 is 0 Å². The third-order valence-electron chi connectivity index (χ3n) is 4.54. The molecule has 1 aromatic rings. The van der Waals surface area contributed by atoms with Crippen molar-refractivity contribution in [1.29, 1.82) is 0 Å². The molecule has 136 valence electrons. The molecule has 2 unspecified atom stereocenters. The lowest BCUT2D eigenvalue weighted by atomic mass is 10.0. The van der Waals surface area contributed by atoms with Gasteiger partial charge < -0.3 is 10.4 Å². The van der Waals surface area contributed by atoms with E-state index in [2.05, 4.69) is 12.2 Å². The fourth-order valence-corrected chi connectivity index (χ4v) is 2.89. The minimum absolute atomic E-state index is 0.0567. The SMILES string of the molecule is CCCCCCCCCC(=O)CCNC(C)C(O)c1ccccc1. The molecule has 1 rings (SSSR count). The summed E-state index contributed by atoms with van der Waals surface area (Å²) in [6.07, 6.45) is 9.41. The van der Waals surface area contributed by atoms with Gasteiger partial charge in [-0.3, -0.25) is 4.79 Å². The Morgan fingerprint density at radius 3 is 2.29 bits per heavy atom. The molecule has 0 amide bonds. The molecule has 0 fully saturated rings. The number of rotatable bonds is 14. The smallest absolute Gasteiger partial charge is 0.134 e. The molecule has 2 N–H and O–H groups in total. The van der Waals surface area contributed by atoms with Crippen molar-refractivity contribution in [3.05, 3.63) is 35.9 Å². The molecule has 0 aliphatic carbocycles. The number of Topliss-reactive ketones (excluding diaryl/α,β-unsaturated/α-hetero) is 1. The third-order valence-corrected chi connectivity index (χ3v) is 4.54. The summed E-state index contributed by atoms with van der Waals surface area (Å²) in [5.74, 6) is 0.331. The fraction of sp³-hybridized carbons (Fsp3) is 0.667. The largest absolute Gasteiger partial charge is 0.387 e. The summed E-state index contributed by atoms with van der Waals surface area (Å²) in [6, 6.07) is 9.59. The van der Waals surface area contributed by atoms with E-state index in [1.807, 2.05) is 37.3 Å². The summed E-state index contributed by atoms with van der Waals surface area (Å²) in [4.78, 5) is 11.9. The second-order valence-electron chi connectivity index (χ2n) is 6.76. The highest BCUT2D eigenvalue weighted by Crippen LogP contribution is 2.16. The molecular weight excluding hydrogens is 298 g/mol. The summed E-state index contributed by atoms with van der Waals surface area (Å²) in [6.45, 7) is 4.82. The van der Waals surface area contributed by atoms with Crippen molar-refractivity contribution in [2.75, 3.05) is 6.54 Å². The lowest BCUT2D eigenvalue weighted by molar-refractivity contribution is -0.119. The van der Waals surface area contributed by atoms with Crippen LogP contribution >= 0.6 is 0 Å². The van der Waals surface area contributed by atoms with Crippen molar-refractivity contribution in [1.82, 2.24) is 5.32 Å². The number of unbranched alkanes of at least 4 members (excludes halogenated alkanes) is 6. The van der Waals surface area contributed by atoms with Crippen molar-refractivity contribution in [2.45, 2.75) is 83.8 Å². The maximum Gasteiger partial charge on any atom is 0.134 e. The van der Waals surface area contributed by atoms with Gasteiger partial charge in [0.2, 0.25) is 0 Å². The number of aliphatic hydroxyl groups is 1. The van der Waals surface area contributed by atoms with E-state index in [1.54, 1.807) is 0 Å². The average Bonchev–Trinajstić information content (AvgIpc) is 2.61. The number of aliphatic hydroxyl groups excluding tert-OH is 1. The molecule has 2 atom stereocenters. The van der Waals surface area contributed by atoms with E-state index in [4.69, 9.17) is 0 Å². The van der Waals surface area contributed by atoms with Crippen LogP contribution in [0, 0.1) is 0 Å². The molecule has 0 heterocycles. The van der Waals surface area contributed by atoms with Crippen molar-refractivity contribution >= 4 is 5.78 Å². The van der Waals surface area contributed by atoms with Crippen LogP contribution in [0.4, 0.5) is 0 Å². The maximum atomic E-state index is 11.9. The van der Waals surface area contributed by atoms with Gasteiger partial charge in [-0.25, -0.2) is 0 Å². The number of carbonyl (C=O) groups excluding carboxylic acids is 1. The molecule has 0 radical (unpaired) electrons. The summed E-state index contributed by atoms with van der Waals surface area (Å²) in [5, 5.41) is 13.5. The first kappa shape index (κ1) is 20.9. The van der Waals surface area contributed by atoms with Crippen LogP contribution in [0.5, 0.6) is 0 Å². The zero-order valence-corrected chi connectivity index (χ0v) is 15.5. The Morgan fingerprint density at radius 1 is 1.00 bits per heavy atom. The Hall–Kier alpha value is -1.19. The van der Waals surface area contributed by atoms with Crippen LogP contribution in [-0.2, 0) is 4.79 Å². The number of ketones is 1. The van der Waals surface area contributed by atoms with Gasteiger partial charge in [-0.15, -0.1) is 0 Å². The lowest BCUT2D eigenvalue weighted by Crippen LogP contribution is -2.33. The highest BCUT2D eigenvalue weighted by atomic mass is 16.3. The summed E-state index contributed by atoms with van der Waals surface area (Å²) >= 11 is 0. The number of nitrogens with one attached hydrogen (secondary N) is 1. The van der Waals surface area contributed by atoms with Gasteiger partial charge in [0.15, 0.2) is 0 Å². The third kappa shape index (κ3) is 9.19. The molecule has 1 aromatic carbocycles. The van der Waals surface area contributed by atoms with E-state index in [1.165, 1.54) is 38.5 Å². The van der Waals surface area contributed by atoms with Crippen molar-refractivity contribution in [3.63, 3.8) is 0 Å². The normalized spacial score (nSPS) is 13.6. The summed E-state index contributed by atoms with van der Waals surface area (Å²) in [7, 11) is 0. The standard InChI is InChI=1S/C21H35NO2/c1-3-4-5-6-7-8-12-15-20(23)16-17-22-18(2)21(24)19-13-10-9-11-14-19/h9-11,13-14,18,21-22,24H,3-8,12,15-17H2,1-2H3. The first-order valence-electron chi connectivity index (χ1n) is 9.63. The molecule has 3 nitrogen and oxygen atoms in total. The highest BCUT2D eigenvalue weighted by Gasteiger charge is 2.15. The van der Waals surface area contributed by atoms with Gasteiger partial charge in [-0.05, 0) is 18.9 Å². The number of benzene rings is 1. The minimum Gasteiger partial charge on any atom is -0.387 e. The zero-order valence-electron chi connectivity index (χ0n) is 15.5. The van der Waals surface area contributed by atoms with Crippen molar-refractivity contribution in [2.24, 2.45) is 0 Å². The topological polar surface area (TPSA) is 49.3 Å². The molecular formula is C21H35NO2. The van der Waals surface area contributed by atoms with Crippen LogP contribution in [0.1, 0.15) is 83.3 Å². The quantitative estimate of drug-likeness (QED) is 0.481. The van der Waals surface area contributed by atoms with Crippen LogP contribution < -0.4 is 5.32 Å². The maximum absolute atomic E-state index is 11.9. The molecule has 0 spiro atoms. The molecule has 3 heteroatoms.